The molecule has 0 aromatic heterocycles. The minimum atomic E-state index is 0.831. The Balaban J connectivity index is 1.36. The van der Waals surface area contributed by atoms with E-state index in [1.54, 1.807) is 0 Å². The van der Waals surface area contributed by atoms with Crippen LogP contribution in [0.3, 0.4) is 0 Å². The summed E-state index contributed by atoms with van der Waals surface area (Å²) in [5.74, 6) is 1.99. The third-order valence-electron chi connectivity index (χ3n) is 3.24. The summed E-state index contributed by atoms with van der Waals surface area (Å²) in [6.07, 6.45) is 5.70. The van der Waals surface area contributed by atoms with E-state index in [0.717, 1.165) is 31.0 Å². The maximum atomic E-state index is 3.58. The van der Waals surface area contributed by atoms with E-state index in [-0.39, 0.29) is 0 Å². The molecule has 0 heterocycles. The monoisotopic (exact) mass is 182 g/mol. The molecule has 0 aliphatic heterocycles. The Kier molecular flexibility index (Phi) is 3.23. The van der Waals surface area contributed by atoms with Crippen molar-refractivity contribution >= 4 is 0 Å². The van der Waals surface area contributed by atoms with Gasteiger partial charge in [-0.25, -0.2) is 0 Å². The Morgan fingerprint density at radius 1 is 1.15 bits per heavy atom. The lowest BCUT2D eigenvalue weighted by Crippen LogP contribution is -2.43. The van der Waals surface area contributed by atoms with Crippen molar-refractivity contribution in [2.75, 3.05) is 19.6 Å². The largest absolute Gasteiger partial charge is 0.315 e. The summed E-state index contributed by atoms with van der Waals surface area (Å²) in [5, 5.41) is 7.08. The predicted molar refractivity (Wildman–Crippen MR) is 55.8 cm³/mol. The molecule has 0 radical (unpaired) electrons. The van der Waals surface area contributed by atoms with Crippen molar-refractivity contribution in [1.82, 2.24) is 10.6 Å². The summed E-state index contributed by atoms with van der Waals surface area (Å²) in [6, 6.07) is 0.831. The van der Waals surface area contributed by atoms with Crippen LogP contribution in [0.25, 0.3) is 0 Å². The highest BCUT2D eigenvalue weighted by Crippen LogP contribution is 2.27. The molecule has 0 bridgehead atoms. The van der Waals surface area contributed by atoms with Crippen molar-refractivity contribution in [3.05, 3.63) is 0 Å². The molecule has 76 valence electrons. The fourth-order valence-corrected chi connectivity index (χ4v) is 2.06. The van der Waals surface area contributed by atoms with Gasteiger partial charge in [-0.15, -0.1) is 0 Å². The highest BCUT2D eigenvalue weighted by molar-refractivity contribution is 4.82. The van der Waals surface area contributed by atoms with Gasteiger partial charge in [-0.2, -0.15) is 0 Å². The zero-order valence-electron chi connectivity index (χ0n) is 8.68. The normalized spacial score (nSPS) is 33.0. The number of hydrogen-bond acceptors (Lipinski definition) is 2. The lowest BCUT2D eigenvalue weighted by molar-refractivity contribution is 0.242. The van der Waals surface area contributed by atoms with E-state index in [1.807, 2.05) is 0 Å². The molecule has 2 N–H and O–H groups in total. The Bertz CT molecular complexity index is 148. The van der Waals surface area contributed by atoms with Gasteiger partial charge in [0.15, 0.2) is 0 Å². The van der Waals surface area contributed by atoms with Gasteiger partial charge in [-0.1, -0.05) is 6.92 Å². The zero-order valence-corrected chi connectivity index (χ0v) is 8.68. The maximum absolute atomic E-state index is 3.58. The third kappa shape index (κ3) is 3.28. The van der Waals surface area contributed by atoms with Crippen LogP contribution in [0.2, 0.25) is 0 Å². The van der Waals surface area contributed by atoms with Gasteiger partial charge >= 0.3 is 0 Å². The van der Waals surface area contributed by atoms with Crippen LogP contribution in [0.1, 0.15) is 32.6 Å². The van der Waals surface area contributed by atoms with Crippen LogP contribution in [0.4, 0.5) is 0 Å². The summed E-state index contributed by atoms with van der Waals surface area (Å²) in [6.45, 7) is 5.90. The quantitative estimate of drug-likeness (QED) is 0.606. The van der Waals surface area contributed by atoms with E-state index in [0.29, 0.717) is 0 Å². The number of nitrogens with one attached hydrogen (secondary N) is 2. The van der Waals surface area contributed by atoms with E-state index in [9.17, 15) is 0 Å². The first-order chi connectivity index (χ1) is 6.34. The van der Waals surface area contributed by atoms with Gasteiger partial charge in [0.05, 0.1) is 0 Å². The first-order valence-electron chi connectivity index (χ1n) is 5.78. The molecule has 2 aliphatic rings. The second kappa shape index (κ2) is 4.43. The summed E-state index contributed by atoms with van der Waals surface area (Å²) >= 11 is 0. The Hall–Kier alpha value is -0.0800. The number of hydrogen-bond donors (Lipinski definition) is 2. The summed E-state index contributed by atoms with van der Waals surface area (Å²) in [7, 11) is 0. The van der Waals surface area contributed by atoms with E-state index in [4.69, 9.17) is 0 Å². The molecule has 2 fully saturated rings. The van der Waals surface area contributed by atoms with Crippen LogP contribution in [-0.2, 0) is 0 Å². The lowest BCUT2D eigenvalue weighted by Gasteiger charge is -2.33. The van der Waals surface area contributed by atoms with Crippen LogP contribution in [0.5, 0.6) is 0 Å². The van der Waals surface area contributed by atoms with Crippen molar-refractivity contribution in [2.45, 2.75) is 38.6 Å². The Labute approximate surface area is 81.5 Å². The molecule has 0 amide bonds. The zero-order chi connectivity index (χ0) is 9.10. The minimum absolute atomic E-state index is 0.831. The standard InChI is InChI=1S/C11H22N2/c1-9-6-11(7-9)13-5-4-12-8-10-2-3-10/h9-13H,2-8H2,1H3. The topological polar surface area (TPSA) is 24.1 Å². The molecule has 0 saturated heterocycles. The van der Waals surface area contributed by atoms with Gasteiger partial charge < -0.3 is 10.6 Å². The fourth-order valence-electron chi connectivity index (χ4n) is 2.06. The third-order valence-corrected chi connectivity index (χ3v) is 3.24. The smallest absolute Gasteiger partial charge is 0.00793 e. The van der Waals surface area contributed by atoms with Crippen molar-refractivity contribution in [2.24, 2.45) is 11.8 Å². The lowest BCUT2D eigenvalue weighted by atomic mass is 9.82. The van der Waals surface area contributed by atoms with Crippen LogP contribution in [0.15, 0.2) is 0 Å². The van der Waals surface area contributed by atoms with Crippen molar-refractivity contribution in [1.29, 1.82) is 0 Å². The molecule has 2 saturated carbocycles. The molecule has 2 nitrogen and oxygen atoms in total. The van der Waals surface area contributed by atoms with E-state index in [2.05, 4.69) is 17.6 Å². The molecule has 2 heteroatoms. The van der Waals surface area contributed by atoms with Crippen molar-refractivity contribution in [3.63, 3.8) is 0 Å². The minimum Gasteiger partial charge on any atom is -0.315 e. The average molecular weight is 182 g/mol. The van der Waals surface area contributed by atoms with Gasteiger partial charge in [0, 0.05) is 19.1 Å². The van der Waals surface area contributed by atoms with Gasteiger partial charge in [0.2, 0.25) is 0 Å². The fraction of sp³-hybridized carbons (Fsp3) is 1.00. The molecule has 2 rings (SSSR count). The summed E-state index contributed by atoms with van der Waals surface area (Å²) < 4.78 is 0. The molecule has 0 spiro atoms. The SMILES string of the molecule is CC1CC(NCCNCC2CC2)C1. The molecule has 0 aromatic carbocycles. The van der Waals surface area contributed by atoms with Crippen LogP contribution in [-0.4, -0.2) is 25.7 Å². The maximum Gasteiger partial charge on any atom is 0.00793 e. The highest BCUT2D eigenvalue weighted by Gasteiger charge is 2.24. The van der Waals surface area contributed by atoms with Crippen LogP contribution < -0.4 is 10.6 Å². The average Bonchev–Trinajstić information content (AvgIpc) is 2.84. The van der Waals surface area contributed by atoms with E-state index >= 15 is 0 Å². The first kappa shape index (κ1) is 9.47. The van der Waals surface area contributed by atoms with Gasteiger partial charge in [-0.05, 0) is 44.1 Å². The summed E-state index contributed by atoms with van der Waals surface area (Å²) in [4.78, 5) is 0. The summed E-state index contributed by atoms with van der Waals surface area (Å²) in [5.41, 5.74) is 0. The van der Waals surface area contributed by atoms with Crippen LogP contribution >= 0.6 is 0 Å². The molecule has 0 aromatic rings. The van der Waals surface area contributed by atoms with Gasteiger partial charge in [-0.3, -0.25) is 0 Å². The van der Waals surface area contributed by atoms with Gasteiger partial charge in [0.1, 0.15) is 0 Å². The van der Waals surface area contributed by atoms with E-state index < -0.39 is 0 Å². The Morgan fingerprint density at radius 3 is 2.54 bits per heavy atom. The van der Waals surface area contributed by atoms with Crippen molar-refractivity contribution < 1.29 is 0 Å². The molecule has 13 heavy (non-hydrogen) atoms. The molecule has 0 atom stereocenters. The van der Waals surface area contributed by atoms with E-state index in [1.165, 1.54) is 32.2 Å². The molecular weight excluding hydrogens is 160 g/mol. The molecule has 2 aliphatic carbocycles. The van der Waals surface area contributed by atoms with Crippen LogP contribution in [0, 0.1) is 11.8 Å². The molecule has 0 unspecified atom stereocenters. The van der Waals surface area contributed by atoms with Crippen molar-refractivity contribution in [3.8, 4) is 0 Å². The predicted octanol–water partition coefficient (Wildman–Crippen LogP) is 1.37. The number of rotatable bonds is 6. The highest BCUT2D eigenvalue weighted by atomic mass is 15.0. The molecular formula is C11H22N2. The first-order valence-corrected chi connectivity index (χ1v) is 5.78. The second-order valence-electron chi connectivity index (χ2n) is 4.88. The Morgan fingerprint density at radius 2 is 1.92 bits per heavy atom. The second-order valence-corrected chi connectivity index (χ2v) is 4.88. The van der Waals surface area contributed by atoms with Gasteiger partial charge in [0.25, 0.3) is 0 Å².